The standard InChI is InChI=1S/C15H26N2O2/c1-14(2,3)19-13(18)17-15-6-10-4-11(7-15)9-16-12(5-10)8-15/h10-12,16H,4-9H2,1-3H3,(H,17,18). The van der Waals surface area contributed by atoms with Gasteiger partial charge in [0.2, 0.25) is 0 Å². The Bertz CT molecular complexity index is 359. The number of alkyl carbamates (subject to hydrolysis) is 1. The molecule has 4 rings (SSSR count). The fourth-order valence-electron chi connectivity index (χ4n) is 4.45. The fraction of sp³-hybridized carbons (Fsp3) is 0.933. The van der Waals surface area contributed by atoms with Crippen molar-refractivity contribution in [1.82, 2.24) is 10.6 Å². The van der Waals surface area contributed by atoms with Crippen LogP contribution in [0.1, 0.15) is 52.9 Å². The molecule has 2 saturated carbocycles. The van der Waals surface area contributed by atoms with E-state index in [-0.39, 0.29) is 11.6 Å². The molecule has 4 atom stereocenters. The van der Waals surface area contributed by atoms with Crippen LogP contribution in [-0.4, -0.2) is 29.8 Å². The normalized spacial score (nSPS) is 40.9. The summed E-state index contributed by atoms with van der Waals surface area (Å²) >= 11 is 0. The first-order chi connectivity index (χ1) is 8.84. The first-order valence-corrected chi connectivity index (χ1v) is 7.58. The van der Waals surface area contributed by atoms with E-state index in [0.29, 0.717) is 6.04 Å². The van der Waals surface area contributed by atoms with E-state index in [1.165, 1.54) is 12.8 Å². The average Bonchev–Trinajstić information content (AvgIpc) is 2.40. The molecule has 4 unspecified atom stereocenters. The molecule has 0 aromatic carbocycles. The van der Waals surface area contributed by atoms with E-state index < -0.39 is 5.60 Å². The number of hydrogen-bond donors (Lipinski definition) is 2. The Morgan fingerprint density at radius 1 is 1.21 bits per heavy atom. The Labute approximate surface area is 115 Å². The lowest BCUT2D eigenvalue weighted by atomic mass is 9.63. The largest absolute Gasteiger partial charge is 0.444 e. The lowest BCUT2D eigenvalue weighted by Crippen LogP contribution is -2.57. The third-order valence-corrected chi connectivity index (χ3v) is 4.74. The summed E-state index contributed by atoms with van der Waals surface area (Å²) in [7, 11) is 0. The highest BCUT2D eigenvalue weighted by molar-refractivity contribution is 5.69. The van der Waals surface area contributed by atoms with Crippen molar-refractivity contribution in [3.05, 3.63) is 0 Å². The van der Waals surface area contributed by atoms with Crippen LogP contribution in [0.2, 0.25) is 0 Å². The molecule has 0 spiro atoms. The van der Waals surface area contributed by atoms with Gasteiger partial charge in [0.15, 0.2) is 0 Å². The van der Waals surface area contributed by atoms with Gasteiger partial charge in [0.05, 0.1) is 0 Å². The first-order valence-electron chi connectivity index (χ1n) is 7.58. The summed E-state index contributed by atoms with van der Waals surface area (Å²) in [5.74, 6) is 1.50. The van der Waals surface area contributed by atoms with E-state index in [2.05, 4.69) is 10.6 Å². The van der Waals surface area contributed by atoms with E-state index in [1.807, 2.05) is 20.8 Å². The van der Waals surface area contributed by atoms with Crippen molar-refractivity contribution in [2.75, 3.05) is 6.54 Å². The number of carbonyl (C=O) groups is 1. The van der Waals surface area contributed by atoms with Gasteiger partial charge in [0.25, 0.3) is 0 Å². The number of fused-ring (bicyclic) bond motifs is 1. The van der Waals surface area contributed by atoms with Crippen LogP contribution >= 0.6 is 0 Å². The molecule has 4 aliphatic rings. The number of amides is 1. The average molecular weight is 266 g/mol. The molecule has 4 fully saturated rings. The number of rotatable bonds is 1. The Morgan fingerprint density at radius 3 is 2.68 bits per heavy atom. The molecule has 1 amide bonds. The highest BCUT2D eigenvalue weighted by Gasteiger charge is 2.49. The van der Waals surface area contributed by atoms with Crippen LogP contribution in [-0.2, 0) is 4.74 Å². The van der Waals surface area contributed by atoms with Crippen molar-refractivity contribution in [1.29, 1.82) is 0 Å². The number of nitrogens with one attached hydrogen (secondary N) is 2. The quantitative estimate of drug-likeness (QED) is 0.766. The van der Waals surface area contributed by atoms with Gasteiger partial charge in [-0.15, -0.1) is 0 Å². The molecule has 4 heteroatoms. The minimum absolute atomic E-state index is 0.0116. The second-order valence-electron chi connectivity index (χ2n) is 7.83. The van der Waals surface area contributed by atoms with E-state index in [4.69, 9.17) is 4.74 Å². The Morgan fingerprint density at radius 2 is 1.95 bits per heavy atom. The fourth-order valence-corrected chi connectivity index (χ4v) is 4.45. The molecule has 0 aromatic heterocycles. The van der Waals surface area contributed by atoms with Gasteiger partial charge in [-0.25, -0.2) is 4.79 Å². The Kier molecular flexibility index (Phi) is 3.04. The molecule has 108 valence electrons. The van der Waals surface area contributed by atoms with E-state index in [1.54, 1.807) is 0 Å². The van der Waals surface area contributed by atoms with Crippen molar-refractivity contribution >= 4 is 6.09 Å². The highest BCUT2D eigenvalue weighted by atomic mass is 16.6. The van der Waals surface area contributed by atoms with Crippen molar-refractivity contribution in [2.24, 2.45) is 11.8 Å². The first kappa shape index (κ1) is 13.2. The summed E-state index contributed by atoms with van der Waals surface area (Å²) in [5, 5.41) is 6.88. The highest BCUT2D eigenvalue weighted by Crippen LogP contribution is 2.47. The van der Waals surface area contributed by atoms with Crippen molar-refractivity contribution in [3.8, 4) is 0 Å². The summed E-state index contributed by atoms with van der Waals surface area (Å²) in [5.41, 5.74) is -0.428. The predicted molar refractivity (Wildman–Crippen MR) is 74.0 cm³/mol. The molecule has 2 saturated heterocycles. The number of hydrogen-bond acceptors (Lipinski definition) is 3. The summed E-state index contributed by atoms with van der Waals surface area (Å²) < 4.78 is 5.45. The molecule has 2 N–H and O–H groups in total. The smallest absolute Gasteiger partial charge is 0.408 e. The maximum atomic E-state index is 12.1. The molecule has 0 aromatic rings. The van der Waals surface area contributed by atoms with Crippen molar-refractivity contribution in [2.45, 2.75) is 70.1 Å². The van der Waals surface area contributed by atoms with Gasteiger partial charge in [-0.05, 0) is 71.3 Å². The van der Waals surface area contributed by atoms with Crippen LogP contribution in [0, 0.1) is 11.8 Å². The lowest BCUT2D eigenvalue weighted by molar-refractivity contribution is 0.0292. The molecule has 2 aliphatic carbocycles. The Balaban J connectivity index is 1.71. The molecular formula is C15H26N2O2. The van der Waals surface area contributed by atoms with E-state index in [9.17, 15) is 4.79 Å². The van der Waals surface area contributed by atoms with Crippen molar-refractivity contribution in [3.63, 3.8) is 0 Å². The summed E-state index contributed by atoms with van der Waals surface area (Å²) in [6.07, 6.45) is 5.71. The molecule has 4 bridgehead atoms. The zero-order chi connectivity index (χ0) is 13.7. The molecule has 0 radical (unpaired) electrons. The minimum Gasteiger partial charge on any atom is -0.444 e. The van der Waals surface area contributed by atoms with Gasteiger partial charge in [0, 0.05) is 11.6 Å². The van der Waals surface area contributed by atoms with Gasteiger partial charge >= 0.3 is 6.09 Å². The predicted octanol–water partition coefficient (Wildman–Crippen LogP) is 2.43. The van der Waals surface area contributed by atoms with E-state index >= 15 is 0 Å². The van der Waals surface area contributed by atoms with Crippen LogP contribution < -0.4 is 10.6 Å². The number of carbonyl (C=O) groups excluding carboxylic acids is 1. The maximum Gasteiger partial charge on any atom is 0.408 e. The van der Waals surface area contributed by atoms with Gasteiger partial charge in [0.1, 0.15) is 5.60 Å². The molecular weight excluding hydrogens is 240 g/mol. The third kappa shape index (κ3) is 2.88. The summed E-state index contributed by atoms with van der Waals surface area (Å²) in [6.45, 7) is 6.87. The zero-order valence-corrected chi connectivity index (χ0v) is 12.3. The topological polar surface area (TPSA) is 50.4 Å². The van der Waals surface area contributed by atoms with Gasteiger partial charge < -0.3 is 15.4 Å². The van der Waals surface area contributed by atoms with Crippen molar-refractivity contribution < 1.29 is 9.53 Å². The molecule has 19 heavy (non-hydrogen) atoms. The second-order valence-corrected chi connectivity index (χ2v) is 7.83. The molecule has 2 heterocycles. The lowest BCUT2D eigenvalue weighted by Gasteiger charge is -2.48. The minimum atomic E-state index is -0.416. The summed E-state index contributed by atoms with van der Waals surface area (Å²) in [4.78, 5) is 12.1. The zero-order valence-electron chi connectivity index (χ0n) is 12.3. The van der Waals surface area contributed by atoms with Crippen LogP contribution in [0.5, 0.6) is 0 Å². The van der Waals surface area contributed by atoms with E-state index in [0.717, 1.165) is 37.6 Å². The third-order valence-electron chi connectivity index (χ3n) is 4.74. The molecule has 2 aliphatic heterocycles. The second kappa shape index (κ2) is 4.37. The van der Waals surface area contributed by atoms with Crippen LogP contribution in [0.15, 0.2) is 0 Å². The Hall–Kier alpha value is -0.770. The SMILES string of the molecule is CC(C)(C)OC(=O)NC12CC3CNC(CC(C3)C1)C2. The maximum absolute atomic E-state index is 12.1. The monoisotopic (exact) mass is 266 g/mol. The van der Waals surface area contributed by atoms with Crippen LogP contribution in [0.3, 0.4) is 0 Å². The van der Waals surface area contributed by atoms with Gasteiger partial charge in [-0.2, -0.15) is 0 Å². The van der Waals surface area contributed by atoms with Crippen LogP contribution in [0.4, 0.5) is 4.79 Å². The summed E-state index contributed by atoms with van der Waals surface area (Å²) in [6, 6.07) is 0.584. The van der Waals surface area contributed by atoms with Gasteiger partial charge in [-0.3, -0.25) is 0 Å². The van der Waals surface area contributed by atoms with Gasteiger partial charge in [-0.1, -0.05) is 0 Å². The number of ether oxygens (including phenoxy) is 1. The molecule has 4 nitrogen and oxygen atoms in total. The van der Waals surface area contributed by atoms with Crippen LogP contribution in [0.25, 0.3) is 0 Å².